The Balaban J connectivity index is 1.86. The maximum atomic E-state index is 13.5. The van der Waals surface area contributed by atoms with Crippen LogP contribution in [-0.2, 0) is 19.0 Å². The van der Waals surface area contributed by atoms with Crippen LogP contribution in [-0.4, -0.2) is 21.6 Å². The van der Waals surface area contributed by atoms with Crippen LogP contribution < -0.4 is 5.73 Å². The minimum absolute atomic E-state index is 0.285. The smallest absolute Gasteiger partial charge is 0.366 e. The van der Waals surface area contributed by atoms with Gasteiger partial charge in [-0.1, -0.05) is 29.8 Å². The number of primary amides is 1. The molecule has 1 heterocycles. The van der Waals surface area contributed by atoms with Gasteiger partial charge in [0.15, 0.2) is 0 Å². The molecule has 160 valence electrons. The molecule has 31 heavy (non-hydrogen) atoms. The molecule has 0 aliphatic heterocycles. The molecule has 1 aliphatic rings. The first-order valence-corrected chi connectivity index (χ1v) is 9.97. The van der Waals surface area contributed by atoms with E-state index in [9.17, 15) is 22.8 Å². The highest BCUT2D eigenvalue weighted by molar-refractivity contribution is 6.34. The van der Waals surface area contributed by atoms with Crippen molar-refractivity contribution in [3.8, 4) is 11.3 Å². The number of carbonyl (C=O) groups is 2. The van der Waals surface area contributed by atoms with E-state index in [1.807, 2.05) is 0 Å². The second-order valence-electron chi connectivity index (χ2n) is 7.30. The monoisotopic (exact) mass is 447 g/mol. The third-order valence-electron chi connectivity index (χ3n) is 5.35. The van der Waals surface area contributed by atoms with Crippen LogP contribution in [0.4, 0.5) is 13.2 Å². The minimum atomic E-state index is -4.74. The minimum Gasteiger partial charge on any atom is -0.366 e. The Morgan fingerprint density at radius 3 is 2.35 bits per heavy atom. The lowest BCUT2D eigenvalue weighted by atomic mass is 9.93. The number of nitrogens with zero attached hydrogens (tertiary/aromatic N) is 2. The molecule has 2 aromatic carbocycles. The summed E-state index contributed by atoms with van der Waals surface area (Å²) in [6.45, 7) is 0. The molecule has 0 saturated heterocycles. The molecular weight excluding hydrogens is 431 g/mol. The average molecular weight is 448 g/mol. The zero-order valence-electron chi connectivity index (χ0n) is 16.2. The number of hydrogen-bond acceptors (Lipinski definition) is 3. The van der Waals surface area contributed by atoms with Crippen molar-refractivity contribution in [3.63, 3.8) is 0 Å². The van der Waals surface area contributed by atoms with Crippen LogP contribution in [0.2, 0.25) is 5.02 Å². The molecule has 0 radical (unpaired) electrons. The van der Waals surface area contributed by atoms with Crippen LogP contribution in [0.1, 0.15) is 50.4 Å². The Bertz CT molecular complexity index is 1180. The van der Waals surface area contributed by atoms with Gasteiger partial charge in [0.05, 0.1) is 27.5 Å². The average Bonchev–Trinajstić information content (AvgIpc) is 3.12. The second kappa shape index (κ2) is 7.85. The maximum absolute atomic E-state index is 13.5. The second-order valence-corrected chi connectivity index (χ2v) is 7.71. The normalized spacial score (nSPS) is 13.7. The summed E-state index contributed by atoms with van der Waals surface area (Å²) in [4.78, 5) is 24.6. The largest absolute Gasteiger partial charge is 0.417 e. The summed E-state index contributed by atoms with van der Waals surface area (Å²) in [6.07, 6.45) is -1.92. The molecule has 1 aliphatic carbocycles. The summed E-state index contributed by atoms with van der Waals surface area (Å²) in [6, 6.07) is 9.65. The van der Waals surface area contributed by atoms with E-state index in [0.29, 0.717) is 35.4 Å². The molecule has 5 nitrogen and oxygen atoms in total. The molecule has 0 saturated carbocycles. The predicted molar refractivity (Wildman–Crippen MR) is 109 cm³/mol. The number of halogens is 4. The van der Waals surface area contributed by atoms with Gasteiger partial charge in [-0.15, -0.1) is 0 Å². The van der Waals surface area contributed by atoms with Crippen LogP contribution in [0, 0.1) is 0 Å². The van der Waals surface area contributed by atoms with Crippen LogP contribution in [0.25, 0.3) is 11.3 Å². The van der Waals surface area contributed by atoms with Gasteiger partial charge >= 0.3 is 6.18 Å². The molecule has 1 amide bonds. The number of benzene rings is 2. The van der Waals surface area contributed by atoms with Crippen molar-refractivity contribution in [1.29, 1.82) is 0 Å². The highest BCUT2D eigenvalue weighted by Gasteiger charge is 2.38. The maximum Gasteiger partial charge on any atom is 0.417 e. The van der Waals surface area contributed by atoms with Gasteiger partial charge in [0, 0.05) is 16.7 Å². The van der Waals surface area contributed by atoms with Crippen molar-refractivity contribution >= 4 is 23.4 Å². The first-order valence-electron chi connectivity index (χ1n) is 9.60. The molecule has 4 rings (SSSR count). The molecule has 0 spiro atoms. The Kier molecular flexibility index (Phi) is 5.35. The number of hydrogen-bond donors (Lipinski definition) is 1. The first-order chi connectivity index (χ1) is 14.7. The fraction of sp³-hybridized carbons (Fsp3) is 0.227. The first kappa shape index (κ1) is 21.1. The van der Waals surface area contributed by atoms with Crippen molar-refractivity contribution < 1.29 is 22.8 Å². The van der Waals surface area contributed by atoms with Crippen molar-refractivity contribution in [3.05, 3.63) is 75.4 Å². The molecular formula is C22H17ClF3N3O2. The zero-order chi connectivity index (χ0) is 22.3. The number of alkyl halides is 3. The molecule has 1 aromatic heterocycles. The van der Waals surface area contributed by atoms with Gasteiger partial charge < -0.3 is 5.73 Å². The van der Waals surface area contributed by atoms with E-state index in [4.69, 9.17) is 17.3 Å². The van der Waals surface area contributed by atoms with Gasteiger partial charge in [-0.25, -0.2) is 0 Å². The molecule has 0 unspecified atom stereocenters. The fourth-order valence-electron chi connectivity index (χ4n) is 3.87. The summed E-state index contributed by atoms with van der Waals surface area (Å²) < 4.78 is 41.7. The summed E-state index contributed by atoms with van der Waals surface area (Å²) in [5, 5.41) is 4.12. The summed E-state index contributed by atoms with van der Waals surface area (Å²) in [5.41, 5.74) is 6.41. The fourth-order valence-corrected chi connectivity index (χ4v) is 4.13. The molecule has 3 aromatic rings. The summed E-state index contributed by atoms with van der Waals surface area (Å²) >= 11 is 6.03. The van der Waals surface area contributed by atoms with E-state index in [1.54, 1.807) is 24.3 Å². The van der Waals surface area contributed by atoms with Crippen LogP contribution in [0.5, 0.6) is 0 Å². The Labute approximate surface area is 180 Å². The van der Waals surface area contributed by atoms with E-state index in [0.717, 1.165) is 35.2 Å². The number of carbonyl (C=O) groups excluding carboxylic acids is 2. The molecule has 0 bridgehead atoms. The van der Waals surface area contributed by atoms with Gasteiger partial charge in [-0.3, -0.25) is 9.59 Å². The van der Waals surface area contributed by atoms with Crippen molar-refractivity contribution in [2.75, 3.05) is 0 Å². The van der Waals surface area contributed by atoms with Gasteiger partial charge in [-0.2, -0.15) is 23.0 Å². The molecule has 9 heteroatoms. The van der Waals surface area contributed by atoms with Gasteiger partial charge in [0.2, 0.25) is 5.91 Å². The third-order valence-corrected chi connectivity index (χ3v) is 5.66. The number of fused-ring (bicyclic) bond motifs is 1. The lowest BCUT2D eigenvalue weighted by Crippen LogP contribution is -2.22. The zero-order valence-corrected chi connectivity index (χ0v) is 16.9. The van der Waals surface area contributed by atoms with E-state index in [1.165, 1.54) is 6.07 Å². The van der Waals surface area contributed by atoms with Gasteiger partial charge in [0.1, 0.15) is 0 Å². The van der Waals surface area contributed by atoms with E-state index >= 15 is 0 Å². The Morgan fingerprint density at radius 1 is 1.03 bits per heavy atom. The predicted octanol–water partition coefficient (Wildman–Crippen LogP) is 4.89. The summed E-state index contributed by atoms with van der Waals surface area (Å²) in [7, 11) is 0. The third kappa shape index (κ3) is 3.83. The topological polar surface area (TPSA) is 78.0 Å². The van der Waals surface area contributed by atoms with Gasteiger partial charge in [0.25, 0.3) is 5.91 Å². The van der Waals surface area contributed by atoms with E-state index in [-0.39, 0.29) is 5.02 Å². The number of amides is 1. The van der Waals surface area contributed by atoms with Crippen molar-refractivity contribution in [1.82, 2.24) is 9.78 Å². The van der Waals surface area contributed by atoms with Crippen LogP contribution in [0.15, 0.2) is 42.5 Å². The van der Waals surface area contributed by atoms with Crippen molar-refractivity contribution in [2.45, 2.75) is 31.9 Å². The lowest BCUT2D eigenvalue weighted by molar-refractivity contribution is -0.137. The highest BCUT2D eigenvalue weighted by atomic mass is 35.5. The van der Waals surface area contributed by atoms with Crippen LogP contribution in [0.3, 0.4) is 0 Å². The summed E-state index contributed by atoms with van der Waals surface area (Å²) in [5.74, 6) is -1.50. The Morgan fingerprint density at radius 2 is 1.71 bits per heavy atom. The van der Waals surface area contributed by atoms with E-state index in [2.05, 4.69) is 5.10 Å². The quantitative estimate of drug-likeness (QED) is 0.621. The SMILES string of the molecule is NC(=O)c1ccc(-c2nn(C(=O)c3c(Cl)cccc3C(F)(F)F)c3c2CCCC3)cc1. The molecule has 0 fully saturated rings. The number of aromatic nitrogens is 2. The van der Waals surface area contributed by atoms with Crippen molar-refractivity contribution in [2.24, 2.45) is 5.73 Å². The lowest BCUT2D eigenvalue weighted by Gasteiger charge is -2.16. The standard InChI is InChI=1S/C22H17ClF3N3O2/c23-16-6-3-5-15(22(24,25)26)18(16)21(31)29-17-7-2-1-4-14(17)19(28-29)12-8-10-13(11-9-12)20(27)30/h3,5-6,8-11H,1-2,4,7H2,(H2,27,30). The highest BCUT2D eigenvalue weighted by Crippen LogP contribution is 2.37. The number of nitrogens with two attached hydrogens (primary N) is 1. The van der Waals surface area contributed by atoms with Crippen LogP contribution >= 0.6 is 11.6 Å². The van der Waals surface area contributed by atoms with E-state index < -0.39 is 29.1 Å². The molecule has 0 atom stereocenters. The van der Waals surface area contributed by atoms with Gasteiger partial charge in [-0.05, 0) is 49.9 Å². The Hall–Kier alpha value is -3.13. The molecule has 2 N–H and O–H groups in total. The number of rotatable bonds is 3.